The number of nitrogens with one attached hydrogen (secondary N) is 3. The van der Waals surface area contributed by atoms with Crippen LogP contribution in [-0.2, 0) is 9.59 Å². The summed E-state index contributed by atoms with van der Waals surface area (Å²) in [6, 6.07) is 25.9. The highest BCUT2D eigenvalue weighted by atomic mass is 35.5. The molecule has 0 radical (unpaired) electrons. The number of thioether (sulfide) groups is 1. The van der Waals surface area contributed by atoms with Crippen molar-refractivity contribution < 1.29 is 18.8 Å². The Bertz CT molecular complexity index is 1580. The molecule has 0 unspecified atom stereocenters. The lowest BCUT2D eigenvalue weighted by molar-refractivity contribution is -0.114. The van der Waals surface area contributed by atoms with Gasteiger partial charge in [0.25, 0.3) is 11.8 Å². The summed E-state index contributed by atoms with van der Waals surface area (Å²) in [5.41, 5.74) is 1.20. The zero-order chi connectivity index (χ0) is 28.5. The number of hydrogen-bond acceptors (Lipinski definition) is 4. The molecule has 10 heteroatoms. The second-order valence-corrected chi connectivity index (χ2v) is 10.2. The first-order chi connectivity index (χ1) is 19.3. The number of hydrogen-bond donors (Lipinski definition) is 3. The van der Waals surface area contributed by atoms with Crippen LogP contribution in [-0.4, -0.2) is 23.5 Å². The van der Waals surface area contributed by atoms with Crippen LogP contribution in [0.3, 0.4) is 0 Å². The lowest BCUT2D eigenvalue weighted by atomic mass is 10.1. The van der Waals surface area contributed by atoms with Gasteiger partial charge in [-0.3, -0.25) is 14.4 Å². The van der Waals surface area contributed by atoms with E-state index in [-0.39, 0.29) is 22.9 Å². The minimum Gasteiger partial charge on any atom is -0.324 e. The molecule has 0 atom stereocenters. The quantitative estimate of drug-likeness (QED) is 0.141. The molecule has 0 spiro atoms. The number of benzene rings is 4. The maximum absolute atomic E-state index is 14.3. The molecule has 6 nitrogen and oxygen atoms in total. The standard InChI is InChI=1S/C30H22Cl2FN3O3S/c31-21-13-14-26(24(32)16-21)35-28(37)18-40-23-11-6-10-22(17-23)34-30(39)27(15-20-9-4-5-12-25(20)33)36-29(38)19-7-2-1-3-8-19/h1-17H,18H2,(H,34,39)(H,35,37)(H,36,38)/b27-15-. The van der Waals surface area contributed by atoms with Crippen LogP contribution in [0.4, 0.5) is 15.8 Å². The van der Waals surface area contributed by atoms with E-state index in [9.17, 15) is 18.8 Å². The number of rotatable bonds is 9. The van der Waals surface area contributed by atoms with Crippen molar-refractivity contribution in [2.24, 2.45) is 0 Å². The Kier molecular flexibility index (Phi) is 9.96. The summed E-state index contributed by atoms with van der Waals surface area (Å²) in [6.07, 6.45) is 1.27. The van der Waals surface area contributed by atoms with Crippen molar-refractivity contribution in [1.29, 1.82) is 0 Å². The second kappa shape index (κ2) is 13.8. The molecule has 0 aliphatic heterocycles. The van der Waals surface area contributed by atoms with Crippen molar-refractivity contribution in [2.45, 2.75) is 4.90 Å². The minimum absolute atomic E-state index is 0.0852. The fraction of sp³-hybridized carbons (Fsp3) is 0.0333. The van der Waals surface area contributed by atoms with E-state index in [0.29, 0.717) is 31.9 Å². The number of anilines is 2. The first-order valence-corrected chi connectivity index (χ1v) is 13.6. The smallest absolute Gasteiger partial charge is 0.272 e. The van der Waals surface area contributed by atoms with Crippen LogP contribution in [0.25, 0.3) is 6.08 Å². The number of carbonyl (C=O) groups is 3. The summed E-state index contributed by atoms with van der Waals surface area (Å²) in [7, 11) is 0. The predicted molar refractivity (Wildman–Crippen MR) is 159 cm³/mol. The van der Waals surface area contributed by atoms with Crippen LogP contribution in [0.2, 0.25) is 10.0 Å². The van der Waals surface area contributed by atoms with Gasteiger partial charge in [0.05, 0.1) is 16.5 Å². The lowest BCUT2D eigenvalue weighted by Gasteiger charge is -2.12. The highest BCUT2D eigenvalue weighted by Gasteiger charge is 2.16. The Labute approximate surface area is 244 Å². The van der Waals surface area contributed by atoms with E-state index in [0.717, 1.165) is 0 Å². The first kappa shape index (κ1) is 28.9. The number of amides is 3. The van der Waals surface area contributed by atoms with Gasteiger partial charge in [-0.25, -0.2) is 4.39 Å². The van der Waals surface area contributed by atoms with Crippen molar-refractivity contribution in [2.75, 3.05) is 16.4 Å². The summed E-state index contributed by atoms with van der Waals surface area (Å²) < 4.78 is 14.3. The molecule has 0 aliphatic rings. The van der Waals surface area contributed by atoms with E-state index in [1.54, 1.807) is 72.8 Å². The Balaban J connectivity index is 1.45. The highest BCUT2D eigenvalue weighted by molar-refractivity contribution is 8.00. The lowest BCUT2D eigenvalue weighted by Crippen LogP contribution is -2.30. The average Bonchev–Trinajstić information content (AvgIpc) is 2.95. The molecule has 4 aromatic rings. The summed E-state index contributed by atoms with van der Waals surface area (Å²) in [5.74, 6) is -1.90. The molecular formula is C30H22Cl2FN3O3S. The maximum atomic E-state index is 14.3. The molecule has 0 saturated heterocycles. The number of halogens is 3. The molecule has 3 N–H and O–H groups in total. The molecule has 4 rings (SSSR count). The molecule has 40 heavy (non-hydrogen) atoms. The monoisotopic (exact) mass is 593 g/mol. The third-order valence-corrected chi connectivity index (χ3v) is 6.94. The summed E-state index contributed by atoms with van der Waals surface area (Å²) in [4.78, 5) is 39.1. The van der Waals surface area contributed by atoms with Crippen molar-refractivity contribution in [3.05, 3.63) is 130 Å². The van der Waals surface area contributed by atoms with E-state index < -0.39 is 17.6 Å². The molecule has 0 bridgehead atoms. The summed E-state index contributed by atoms with van der Waals surface area (Å²) in [6.45, 7) is 0. The minimum atomic E-state index is -0.648. The molecular weight excluding hydrogens is 572 g/mol. The molecule has 202 valence electrons. The maximum Gasteiger partial charge on any atom is 0.272 e. The third-order valence-electron chi connectivity index (χ3n) is 5.40. The number of carbonyl (C=O) groups excluding carboxylic acids is 3. The topological polar surface area (TPSA) is 87.3 Å². The Morgan fingerprint density at radius 2 is 1.57 bits per heavy atom. The van der Waals surface area contributed by atoms with Crippen LogP contribution >= 0.6 is 35.0 Å². The van der Waals surface area contributed by atoms with Crippen LogP contribution in [0.1, 0.15) is 15.9 Å². The fourth-order valence-corrected chi connectivity index (χ4v) is 4.69. The SMILES string of the molecule is O=C(CSc1cccc(NC(=O)/C(=C/c2ccccc2F)NC(=O)c2ccccc2)c1)Nc1ccc(Cl)cc1Cl. The Morgan fingerprint density at radius 1 is 0.825 bits per heavy atom. The zero-order valence-corrected chi connectivity index (χ0v) is 23.1. The third kappa shape index (κ3) is 8.19. The molecule has 0 fully saturated rings. The van der Waals surface area contributed by atoms with Gasteiger partial charge in [0.15, 0.2) is 0 Å². The fourth-order valence-electron chi connectivity index (χ4n) is 3.48. The van der Waals surface area contributed by atoms with Crippen LogP contribution in [0.5, 0.6) is 0 Å². The van der Waals surface area contributed by atoms with E-state index in [1.807, 2.05) is 0 Å². The Morgan fingerprint density at radius 3 is 2.33 bits per heavy atom. The van der Waals surface area contributed by atoms with Gasteiger partial charge in [-0.05, 0) is 60.7 Å². The van der Waals surface area contributed by atoms with Crippen LogP contribution in [0.15, 0.2) is 108 Å². The second-order valence-electron chi connectivity index (χ2n) is 8.34. The molecule has 4 aromatic carbocycles. The first-order valence-electron chi connectivity index (χ1n) is 11.9. The van der Waals surface area contributed by atoms with Crippen molar-refractivity contribution in [3.63, 3.8) is 0 Å². The molecule has 0 saturated carbocycles. The average molecular weight is 594 g/mol. The molecule has 0 aliphatic carbocycles. The normalized spacial score (nSPS) is 11.0. The van der Waals surface area contributed by atoms with Crippen molar-refractivity contribution in [1.82, 2.24) is 5.32 Å². The molecule has 0 aromatic heterocycles. The van der Waals surface area contributed by atoms with E-state index in [4.69, 9.17) is 23.2 Å². The van der Waals surface area contributed by atoms with E-state index in [2.05, 4.69) is 16.0 Å². The summed E-state index contributed by atoms with van der Waals surface area (Å²) >= 11 is 13.3. The van der Waals surface area contributed by atoms with Gasteiger partial charge in [-0.2, -0.15) is 0 Å². The highest BCUT2D eigenvalue weighted by Crippen LogP contribution is 2.27. The van der Waals surface area contributed by atoms with Gasteiger partial charge in [0, 0.05) is 26.7 Å². The van der Waals surface area contributed by atoms with Crippen molar-refractivity contribution >= 4 is 70.1 Å². The van der Waals surface area contributed by atoms with Gasteiger partial charge in [0.1, 0.15) is 11.5 Å². The van der Waals surface area contributed by atoms with E-state index in [1.165, 1.54) is 42.1 Å². The predicted octanol–water partition coefficient (Wildman–Crippen LogP) is 7.27. The summed E-state index contributed by atoms with van der Waals surface area (Å²) in [5, 5.41) is 8.83. The van der Waals surface area contributed by atoms with Gasteiger partial charge in [-0.15, -0.1) is 11.8 Å². The van der Waals surface area contributed by atoms with Gasteiger partial charge >= 0.3 is 0 Å². The Hall–Kier alpha value is -4.11. The molecule has 3 amide bonds. The van der Waals surface area contributed by atoms with Crippen LogP contribution in [0, 0.1) is 5.82 Å². The largest absolute Gasteiger partial charge is 0.324 e. The van der Waals surface area contributed by atoms with Gasteiger partial charge < -0.3 is 16.0 Å². The zero-order valence-electron chi connectivity index (χ0n) is 20.8. The van der Waals surface area contributed by atoms with E-state index >= 15 is 0 Å². The van der Waals surface area contributed by atoms with Gasteiger partial charge in [0.2, 0.25) is 5.91 Å². The van der Waals surface area contributed by atoms with Crippen molar-refractivity contribution in [3.8, 4) is 0 Å². The van der Waals surface area contributed by atoms with Gasteiger partial charge in [-0.1, -0.05) is 65.7 Å². The molecule has 0 heterocycles. The van der Waals surface area contributed by atoms with Crippen LogP contribution < -0.4 is 16.0 Å².